The van der Waals surface area contributed by atoms with E-state index in [0.717, 1.165) is 0 Å². The first-order chi connectivity index (χ1) is 7.50. The summed E-state index contributed by atoms with van der Waals surface area (Å²) in [6, 6.07) is 0. The van der Waals surface area contributed by atoms with Gasteiger partial charge in [-0.05, 0) is 12.2 Å². The third-order valence-corrected chi connectivity index (χ3v) is 2.06. The van der Waals surface area contributed by atoms with Crippen molar-refractivity contribution in [2.75, 3.05) is 7.11 Å². The zero-order chi connectivity index (χ0) is 12.2. The molecule has 2 N–H and O–H groups in total. The van der Waals surface area contributed by atoms with Gasteiger partial charge in [-0.2, -0.15) is 0 Å². The normalized spacial score (nSPS) is 17.3. The first-order valence-corrected chi connectivity index (χ1v) is 4.85. The second-order valence-electron chi connectivity index (χ2n) is 3.46. The van der Waals surface area contributed by atoms with Crippen LogP contribution in [0.1, 0.15) is 13.8 Å². The van der Waals surface area contributed by atoms with Gasteiger partial charge in [-0.1, -0.05) is 6.08 Å². The van der Waals surface area contributed by atoms with E-state index in [9.17, 15) is 9.59 Å². The number of nitrogens with one attached hydrogen (secondary N) is 2. The van der Waals surface area contributed by atoms with Gasteiger partial charge in [0.15, 0.2) is 5.66 Å². The zero-order valence-corrected chi connectivity index (χ0v) is 9.53. The lowest BCUT2D eigenvalue weighted by Crippen LogP contribution is -2.60. The molecule has 5 nitrogen and oxygen atoms in total. The van der Waals surface area contributed by atoms with E-state index in [-0.39, 0.29) is 11.8 Å². The largest absolute Gasteiger partial charge is 0.497 e. The van der Waals surface area contributed by atoms with Crippen molar-refractivity contribution in [3.63, 3.8) is 0 Å². The minimum absolute atomic E-state index is 0.261. The van der Waals surface area contributed by atoms with E-state index in [0.29, 0.717) is 5.76 Å². The van der Waals surface area contributed by atoms with Gasteiger partial charge < -0.3 is 15.4 Å². The van der Waals surface area contributed by atoms with Crippen LogP contribution in [0.2, 0.25) is 0 Å². The molecule has 0 atom stereocenters. The highest BCUT2D eigenvalue weighted by Gasteiger charge is 2.36. The van der Waals surface area contributed by atoms with Crippen LogP contribution < -0.4 is 10.6 Å². The van der Waals surface area contributed by atoms with Crippen LogP contribution in [-0.4, -0.2) is 24.6 Å². The fraction of sp³-hybridized carbons (Fsp3) is 0.364. The Balaban J connectivity index is 3.04. The summed E-state index contributed by atoms with van der Waals surface area (Å²) in [5.41, 5.74) is -1.08. The smallest absolute Gasteiger partial charge is 0.219 e. The summed E-state index contributed by atoms with van der Waals surface area (Å²) >= 11 is 0. The van der Waals surface area contributed by atoms with E-state index >= 15 is 0 Å². The number of rotatable bonds is 3. The zero-order valence-electron chi connectivity index (χ0n) is 9.53. The van der Waals surface area contributed by atoms with Crippen LogP contribution in [0.15, 0.2) is 24.0 Å². The van der Waals surface area contributed by atoms with Gasteiger partial charge in [-0.3, -0.25) is 9.59 Å². The predicted molar refractivity (Wildman–Crippen MR) is 58.9 cm³/mol. The summed E-state index contributed by atoms with van der Waals surface area (Å²) in [6.45, 7) is 2.76. The molecular formula is C11H15N2O3. The molecule has 0 saturated heterocycles. The summed E-state index contributed by atoms with van der Waals surface area (Å²) in [4.78, 5) is 22.3. The molecule has 1 radical (unpaired) electrons. The molecule has 0 fully saturated rings. The minimum Gasteiger partial charge on any atom is -0.497 e. The van der Waals surface area contributed by atoms with Crippen molar-refractivity contribution in [3.8, 4) is 0 Å². The van der Waals surface area contributed by atoms with Crippen LogP contribution >= 0.6 is 0 Å². The Hall–Kier alpha value is -1.78. The molecule has 1 aliphatic rings. The number of methoxy groups -OCH3 is 1. The third kappa shape index (κ3) is 2.62. The van der Waals surface area contributed by atoms with Crippen LogP contribution in [0.3, 0.4) is 0 Å². The Morgan fingerprint density at radius 3 is 2.25 bits per heavy atom. The van der Waals surface area contributed by atoms with E-state index < -0.39 is 5.66 Å². The average molecular weight is 223 g/mol. The molecule has 0 aromatic rings. The fourth-order valence-electron chi connectivity index (χ4n) is 1.58. The lowest BCUT2D eigenvalue weighted by Gasteiger charge is -2.34. The number of hydrogen-bond acceptors (Lipinski definition) is 3. The van der Waals surface area contributed by atoms with Crippen LogP contribution in [0.5, 0.6) is 0 Å². The number of carbonyl (C=O) groups is 2. The molecule has 0 aromatic heterocycles. The molecular weight excluding hydrogens is 208 g/mol. The maximum absolute atomic E-state index is 11.2. The maximum Gasteiger partial charge on any atom is 0.219 e. The molecule has 87 valence electrons. The van der Waals surface area contributed by atoms with Crippen LogP contribution in [0.25, 0.3) is 0 Å². The van der Waals surface area contributed by atoms with E-state index in [1.54, 1.807) is 24.6 Å². The number of amides is 2. The number of ether oxygens (including phenoxy) is 1. The molecule has 5 heteroatoms. The minimum atomic E-state index is -1.08. The Morgan fingerprint density at radius 2 is 1.81 bits per heavy atom. The van der Waals surface area contributed by atoms with E-state index in [2.05, 4.69) is 10.6 Å². The summed E-state index contributed by atoms with van der Waals surface area (Å²) in [6.07, 6.45) is 6.84. The van der Waals surface area contributed by atoms with Gasteiger partial charge in [0.2, 0.25) is 11.8 Å². The van der Waals surface area contributed by atoms with Crippen LogP contribution in [0, 0.1) is 6.42 Å². The second kappa shape index (κ2) is 4.83. The Morgan fingerprint density at radius 1 is 1.25 bits per heavy atom. The van der Waals surface area contributed by atoms with Crippen molar-refractivity contribution in [1.82, 2.24) is 10.6 Å². The standard InChI is InChI=1S/C11H15N2O3/c1-8(14)12-11(13-9(2)15)7-5-4-6-10(11)16-3/h4-7H,1-3H3,(H,12,14)(H,13,15). The van der Waals surface area contributed by atoms with Crippen molar-refractivity contribution < 1.29 is 14.3 Å². The molecule has 0 aliphatic heterocycles. The molecule has 16 heavy (non-hydrogen) atoms. The first-order valence-electron chi connectivity index (χ1n) is 4.85. The van der Waals surface area contributed by atoms with Gasteiger partial charge in [0.1, 0.15) is 5.76 Å². The van der Waals surface area contributed by atoms with Crippen molar-refractivity contribution >= 4 is 11.8 Å². The highest BCUT2D eigenvalue weighted by Crippen LogP contribution is 2.21. The maximum atomic E-state index is 11.2. The van der Waals surface area contributed by atoms with Crippen molar-refractivity contribution in [1.29, 1.82) is 0 Å². The third-order valence-electron chi connectivity index (χ3n) is 2.06. The quantitative estimate of drug-likeness (QED) is 0.674. The molecule has 0 heterocycles. The fourth-order valence-corrected chi connectivity index (χ4v) is 1.58. The predicted octanol–water partition coefficient (Wildman–Crippen LogP) is 0.259. The second-order valence-corrected chi connectivity index (χ2v) is 3.46. The lowest BCUT2D eigenvalue weighted by molar-refractivity contribution is -0.123. The van der Waals surface area contributed by atoms with Gasteiger partial charge in [0, 0.05) is 20.3 Å². The van der Waals surface area contributed by atoms with Crippen molar-refractivity contribution in [2.24, 2.45) is 0 Å². The molecule has 0 unspecified atom stereocenters. The van der Waals surface area contributed by atoms with Gasteiger partial charge in [0.05, 0.1) is 7.11 Å². The molecule has 1 aliphatic carbocycles. The van der Waals surface area contributed by atoms with Crippen molar-refractivity contribution in [3.05, 3.63) is 30.4 Å². The van der Waals surface area contributed by atoms with E-state index in [4.69, 9.17) is 4.74 Å². The molecule has 2 amide bonds. The van der Waals surface area contributed by atoms with Gasteiger partial charge in [-0.25, -0.2) is 0 Å². The Bertz CT molecular complexity index is 342. The SMILES string of the molecule is COC1=C[CH]C=CC1(NC(C)=O)NC(C)=O. The van der Waals surface area contributed by atoms with Crippen LogP contribution in [0.4, 0.5) is 0 Å². The molecule has 0 saturated carbocycles. The van der Waals surface area contributed by atoms with Gasteiger partial charge in [0.25, 0.3) is 0 Å². The highest BCUT2D eigenvalue weighted by atomic mass is 16.5. The summed E-state index contributed by atoms with van der Waals surface area (Å²) < 4.78 is 5.16. The summed E-state index contributed by atoms with van der Waals surface area (Å²) in [5.74, 6) is -0.0631. The monoisotopic (exact) mass is 223 g/mol. The van der Waals surface area contributed by atoms with Gasteiger partial charge in [-0.15, -0.1) is 0 Å². The lowest BCUT2D eigenvalue weighted by atomic mass is 10.0. The van der Waals surface area contributed by atoms with E-state index in [1.807, 2.05) is 0 Å². The Kier molecular flexibility index (Phi) is 3.71. The van der Waals surface area contributed by atoms with Crippen LogP contribution in [-0.2, 0) is 14.3 Å². The summed E-state index contributed by atoms with van der Waals surface area (Å²) in [7, 11) is 1.48. The number of allylic oxidation sites excluding steroid dienone is 2. The summed E-state index contributed by atoms with van der Waals surface area (Å²) in [5, 5.41) is 5.31. The van der Waals surface area contributed by atoms with Crippen molar-refractivity contribution in [2.45, 2.75) is 19.5 Å². The molecule has 0 spiro atoms. The Labute approximate surface area is 94.5 Å². The first kappa shape index (κ1) is 12.3. The molecule has 0 aromatic carbocycles. The number of carbonyl (C=O) groups excluding carboxylic acids is 2. The average Bonchev–Trinajstić information content (AvgIpc) is 2.15. The molecule has 0 bridgehead atoms. The highest BCUT2D eigenvalue weighted by molar-refractivity contribution is 5.79. The number of hydrogen-bond donors (Lipinski definition) is 2. The topological polar surface area (TPSA) is 67.4 Å². The molecule has 1 rings (SSSR count). The van der Waals surface area contributed by atoms with E-state index in [1.165, 1.54) is 21.0 Å². The van der Waals surface area contributed by atoms with Gasteiger partial charge >= 0.3 is 0 Å².